The molecule has 1 aromatic rings. The van der Waals surface area contributed by atoms with E-state index in [0.717, 1.165) is 30.3 Å². The molecule has 12 nitrogen and oxygen atoms in total. The van der Waals surface area contributed by atoms with E-state index in [-0.39, 0.29) is 36.9 Å². The minimum absolute atomic E-state index is 0.0367. The lowest BCUT2D eigenvalue weighted by molar-refractivity contribution is -0.307. The number of nitrogens with zero attached hydrogens (tertiary/aromatic N) is 1. The van der Waals surface area contributed by atoms with E-state index in [1.165, 1.54) is 26.1 Å². The fraction of sp³-hybridized carbons (Fsp3) is 0.684. The van der Waals surface area contributed by atoms with Crippen molar-refractivity contribution in [3.05, 3.63) is 47.5 Å². The van der Waals surface area contributed by atoms with E-state index in [1.54, 1.807) is 19.1 Å². The maximum atomic E-state index is 13.9. The second-order valence-corrected chi connectivity index (χ2v) is 15.6. The number of methoxy groups -OCH3 is 1. The van der Waals surface area contributed by atoms with Gasteiger partial charge in [0, 0.05) is 26.6 Å². The third-order valence-electron chi connectivity index (χ3n) is 12.7. The number of rotatable bonds is 11. The van der Waals surface area contributed by atoms with Crippen LogP contribution in [0.5, 0.6) is 0 Å². The molecular weight excluding hydrogens is 646 g/mol. The van der Waals surface area contributed by atoms with Crippen LogP contribution in [0.1, 0.15) is 58.9 Å². The third kappa shape index (κ3) is 5.35. The number of carbonyl (C=O) groups excluding carboxylic acids is 3. The minimum atomic E-state index is -1.47. The number of aliphatic carboxylic acids is 1. The Morgan fingerprint density at radius 3 is 2.38 bits per heavy atom. The van der Waals surface area contributed by atoms with Crippen LogP contribution in [0.25, 0.3) is 0 Å². The van der Waals surface area contributed by atoms with Crippen LogP contribution in [0, 0.1) is 45.8 Å². The van der Waals surface area contributed by atoms with Gasteiger partial charge in [-0.3, -0.25) is 4.79 Å². The second kappa shape index (κ2) is 13.6. The standard InChI is InChI=1S/C38H51NO11/c1-21(2)28-15-25-16-36(19-40)27-14-13-22(3)26(27)17-37(25,38(28,36)33(41)42)20-47-32-31(50-35(44)46-18-24-11-9-8-10-12-24)30(49-34(43)39(5)6)29(45-7)23(4)48-32/h8-12,15,19,21-23,25-27,29-32H,13-14,16-18,20H2,1-7H3,(H,41,42)/t22?,23-,25?,26?,27?,29-,30-,31+,32-,36?,37?,38?/m1/s1. The molecule has 1 aliphatic heterocycles. The van der Waals surface area contributed by atoms with Crippen LogP contribution >= 0.6 is 0 Å². The molecule has 12 atom stereocenters. The molecule has 0 aromatic heterocycles. The van der Waals surface area contributed by atoms with E-state index < -0.39 is 65.2 Å². The summed E-state index contributed by atoms with van der Waals surface area (Å²) in [4.78, 5) is 54.8. The van der Waals surface area contributed by atoms with E-state index in [9.17, 15) is 24.3 Å². The summed E-state index contributed by atoms with van der Waals surface area (Å²) in [5.41, 5.74) is -1.98. The van der Waals surface area contributed by atoms with Crippen LogP contribution < -0.4 is 0 Å². The maximum absolute atomic E-state index is 13.9. The van der Waals surface area contributed by atoms with E-state index >= 15 is 0 Å². The summed E-state index contributed by atoms with van der Waals surface area (Å²) in [7, 11) is 4.51. The average Bonchev–Trinajstić information content (AvgIpc) is 3.65. The molecule has 4 fully saturated rings. The summed E-state index contributed by atoms with van der Waals surface area (Å²) in [5, 5.41) is 11.4. The molecule has 0 spiro atoms. The predicted molar refractivity (Wildman–Crippen MR) is 179 cm³/mol. The largest absolute Gasteiger partial charge is 0.509 e. The van der Waals surface area contributed by atoms with Gasteiger partial charge in [0.05, 0.1) is 18.1 Å². The van der Waals surface area contributed by atoms with Gasteiger partial charge < -0.3 is 43.2 Å². The number of aldehydes is 1. The Hall–Kier alpha value is -3.48. The highest BCUT2D eigenvalue weighted by atomic mass is 16.8. The van der Waals surface area contributed by atoms with Crippen LogP contribution in [0.4, 0.5) is 9.59 Å². The maximum Gasteiger partial charge on any atom is 0.509 e. The number of carboxylic acids is 1. The smallest absolute Gasteiger partial charge is 0.481 e. The van der Waals surface area contributed by atoms with Gasteiger partial charge in [0.2, 0.25) is 0 Å². The first-order chi connectivity index (χ1) is 23.8. The number of carbonyl (C=O) groups is 4. The molecule has 12 heteroatoms. The fourth-order valence-corrected chi connectivity index (χ4v) is 10.6. The summed E-state index contributed by atoms with van der Waals surface area (Å²) in [6.45, 7) is 7.77. The van der Waals surface area contributed by atoms with E-state index in [4.69, 9.17) is 28.4 Å². The molecule has 5 aliphatic rings. The zero-order chi connectivity index (χ0) is 36.2. The number of amides is 1. The number of hydrogen-bond acceptors (Lipinski definition) is 10. The molecule has 0 radical (unpaired) electrons. The van der Waals surface area contributed by atoms with Gasteiger partial charge in [0.25, 0.3) is 0 Å². The number of fused-ring (bicyclic) bond motifs is 2. The first-order valence-corrected chi connectivity index (χ1v) is 17.7. The minimum Gasteiger partial charge on any atom is -0.481 e. The molecule has 7 unspecified atom stereocenters. The summed E-state index contributed by atoms with van der Waals surface area (Å²) in [6.07, 6.45) is -1.20. The quantitative estimate of drug-likeness (QED) is 0.178. The van der Waals surface area contributed by atoms with Gasteiger partial charge in [0.15, 0.2) is 18.5 Å². The normalized spacial score (nSPS) is 39.8. The molecule has 6 rings (SSSR count). The highest BCUT2D eigenvalue weighted by molar-refractivity contribution is 5.90. The van der Waals surface area contributed by atoms with Gasteiger partial charge in [-0.15, -0.1) is 0 Å². The Bertz CT molecular complexity index is 1500. The van der Waals surface area contributed by atoms with Crippen molar-refractivity contribution >= 4 is 24.5 Å². The highest BCUT2D eigenvalue weighted by Crippen LogP contribution is 2.82. The van der Waals surface area contributed by atoms with E-state index in [1.807, 2.05) is 32.0 Å². The van der Waals surface area contributed by atoms with Crippen LogP contribution in [0.15, 0.2) is 42.0 Å². The van der Waals surface area contributed by atoms with Crippen LogP contribution in [0.2, 0.25) is 0 Å². The summed E-state index contributed by atoms with van der Waals surface area (Å²) < 4.78 is 35.9. The highest BCUT2D eigenvalue weighted by Gasteiger charge is 2.84. The van der Waals surface area contributed by atoms with Gasteiger partial charge in [-0.1, -0.05) is 69.2 Å². The van der Waals surface area contributed by atoms with Crippen molar-refractivity contribution in [2.45, 2.75) is 90.7 Å². The monoisotopic (exact) mass is 697 g/mol. The van der Waals surface area contributed by atoms with Crippen molar-refractivity contribution in [3.63, 3.8) is 0 Å². The van der Waals surface area contributed by atoms with Crippen molar-refractivity contribution in [2.24, 2.45) is 45.8 Å². The van der Waals surface area contributed by atoms with Gasteiger partial charge in [-0.25, -0.2) is 9.59 Å². The van der Waals surface area contributed by atoms with Crippen molar-refractivity contribution in [1.82, 2.24) is 4.90 Å². The SMILES string of the molecule is CO[C@H]1[C@@H](OC(=O)N(C)C)[C@H](OC(=O)OCc2ccccc2)[C@H](OCC23CC4C(C)CCC4C4(C=O)CC2C=C(C(C)C)C43C(=O)O)O[C@@H]1C. The Morgan fingerprint density at radius 1 is 1.04 bits per heavy atom. The molecule has 50 heavy (non-hydrogen) atoms. The number of ether oxygens (including phenoxy) is 6. The van der Waals surface area contributed by atoms with E-state index in [2.05, 4.69) is 13.0 Å². The molecule has 274 valence electrons. The summed E-state index contributed by atoms with van der Waals surface area (Å²) in [5.74, 6) is -0.889. The van der Waals surface area contributed by atoms with Crippen molar-refractivity contribution < 1.29 is 52.7 Å². The summed E-state index contributed by atoms with van der Waals surface area (Å²) >= 11 is 0. The lowest BCUT2D eigenvalue weighted by Crippen LogP contribution is -2.65. The lowest BCUT2D eigenvalue weighted by Gasteiger charge is -2.58. The van der Waals surface area contributed by atoms with Gasteiger partial charge in [-0.2, -0.15) is 0 Å². The molecule has 1 heterocycles. The number of hydrogen-bond donors (Lipinski definition) is 1. The molecule has 4 bridgehead atoms. The zero-order valence-electron chi connectivity index (χ0n) is 30.0. The summed E-state index contributed by atoms with van der Waals surface area (Å²) in [6, 6.07) is 9.10. The third-order valence-corrected chi connectivity index (χ3v) is 12.7. The Labute approximate surface area is 293 Å². The van der Waals surface area contributed by atoms with E-state index in [0.29, 0.717) is 18.8 Å². The second-order valence-electron chi connectivity index (χ2n) is 15.6. The van der Waals surface area contributed by atoms with Crippen LogP contribution in [-0.4, -0.2) is 93.0 Å². The van der Waals surface area contributed by atoms with Crippen molar-refractivity contribution in [3.8, 4) is 0 Å². The van der Waals surface area contributed by atoms with Crippen molar-refractivity contribution in [1.29, 1.82) is 0 Å². The molecule has 1 saturated heterocycles. The van der Waals surface area contributed by atoms with Gasteiger partial charge >= 0.3 is 18.2 Å². The average molecular weight is 698 g/mol. The van der Waals surface area contributed by atoms with Gasteiger partial charge in [0.1, 0.15) is 24.4 Å². The molecular formula is C38H51NO11. The molecule has 1 amide bonds. The number of allylic oxidation sites excluding steroid dienone is 1. The number of carboxylic acid groups (broad SMARTS) is 1. The molecule has 1 aromatic carbocycles. The molecule has 1 N–H and O–H groups in total. The first kappa shape index (κ1) is 36.3. The number of benzene rings is 1. The Balaban J connectivity index is 1.36. The molecule has 4 aliphatic carbocycles. The fourth-order valence-electron chi connectivity index (χ4n) is 10.6. The topological polar surface area (TPSA) is 147 Å². The Kier molecular flexibility index (Phi) is 9.86. The van der Waals surface area contributed by atoms with Crippen LogP contribution in [-0.2, 0) is 44.6 Å². The Morgan fingerprint density at radius 2 is 1.76 bits per heavy atom. The predicted octanol–water partition coefficient (Wildman–Crippen LogP) is 5.48. The zero-order valence-corrected chi connectivity index (χ0v) is 30.0. The lowest BCUT2D eigenvalue weighted by atomic mass is 9.43. The first-order valence-electron chi connectivity index (χ1n) is 17.7. The molecule has 3 saturated carbocycles. The van der Waals surface area contributed by atoms with Crippen molar-refractivity contribution in [2.75, 3.05) is 27.8 Å². The van der Waals surface area contributed by atoms with Crippen LogP contribution in [0.3, 0.4) is 0 Å². The van der Waals surface area contributed by atoms with Gasteiger partial charge in [-0.05, 0) is 61.3 Å².